The Morgan fingerprint density at radius 1 is 1.38 bits per heavy atom. The predicted molar refractivity (Wildman–Crippen MR) is 97.1 cm³/mol. The zero-order chi connectivity index (χ0) is 18.7. The Bertz CT molecular complexity index is 688. The average Bonchev–Trinajstić information content (AvgIpc) is 3.01. The van der Waals surface area contributed by atoms with Gasteiger partial charge in [0.2, 0.25) is 0 Å². The summed E-state index contributed by atoms with van der Waals surface area (Å²) in [5, 5.41) is 12.5. The van der Waals surface area contributed by atoms with Gasteiger partial charge >= 0.3 is 13.1 Å². The van der Waals surface area contributed by atoms with Crippen LogP contribution in [0.15, 0.2) is 12.1 Å². The largest absolute Gasteiger partial charge is 0.492 e. The Labute approximate surface area is 153 Å². The number of likely N-dealkylation sites (tertiary alicyclic amines) is 1. The molecule has 0 bridgehead atoms. The molecule has 0 atom stereocenters. The number of ether oxygens (including phenoxy) is 1. The van der Waals surface area contributed by atoms with Crippen LogP contribution in [0.4, 0.5) is 0 Å². The number of benzene rings is 1. The molecule has 26 heavy (non-hydrogen) atoms. The number of hydrogen-bond acceptors (Lipinski definition) is 6. The van der Waals surface area contributed by atoms with Crippen LogP contribution in [0, 0.1) is 12.8 Å². The van der Waals surface area contributed by atoms with Crippen molar-refractivity contribution in [1.29, 1.82) is 0 Å². The summed E-state index contributed by atoms with van der Waals surface area (Å²) in [4.78, 5) is 26.5. The highest BCUT2D eigenvalue weighted by Gasteiger charge is 2.31. The molecule has 140 valence electrons. The van der Waals surface area contributed by atoms with Gasteiger partial charge in [-0.15, -0.1) is 0 Å². The fraction of sp³-hybridized carbons (Fsp3) is 0.556. The number of carbonyl (C=O) groups is 2. The van der Waals surface area contributed by atoms with Crippen molar-refractivity contribution in [1.82, 2.24) is 10.2 Å². The van der Waals surface area contributed by atoms with Gasteiger partial charge in [0.15, 0.2) is 0 Å². The molecule has 0 aliphatic carbocycles. The standard InChI is InChI=1S/C18H25BN2O5/c1-12-15(4-3-14-11-26-19(24)17(12)14)18(23)20-9-16(22)25-10-13-5-7-21(2)8-6-13/h3-4,13,24H,5-11H2,1-2H3,(H,20,23). The van der Waals surface area contributed by atoms with Crippen molar-refractivity contribution in [3.63, 3.8) is 0 Å². The molecule has 1 saturated heterocycles. The summed E-state index contributed by atoms with van der Waals surface area (Å²) in [6.07, 6.45) is 2.05. The average molecular weight is 360 g/mol. The lowest BCUT2D eigenvalue weighted by Crippen LogP contribution is -2.36. The SMILES string of the molecule is Cc1c(C(=O)NCC(=O)OCC2CCN(C)CC2)ccc2c1B(O)OC2. The maximum atomic E-state index is 12.4. The molecule has 1 aromatic carbocycles. The number of esters is 1. The van der Waals surface area contributed by atoms with E-state index in [9.17, 15) is 14.6 Å². The minimum Gasteiger partial charge on any atom is -0.464 e. The van der Waals surface area contributed by atoms with Gasteiger partial charge in [-0.05, 0) is 68.5 Å². The van der Waals surface area contributed by atoms with Crippen molar-refractivity contribution in [3.05, 3.63) is 28.8 Å². The van der Waals surface area contributed by atoms with Crippen molar-refractivity contribution < 1.29 is 24.0 Å². The first-order valence-corrected chi connectivity index (χ1v) is 9.00. The number of fused-ring (bicyclic) bond motifs is 1. The third-order valence-corrected chi connectivity index (χ3v) is 5.20. The van der Waals surface area contributed by atoms with E-state index in [0.29, 0.717) is 35.7 Å². The topological polar surface area (TPSA) is 88.1 Å². The minimum absolute atomic E-state index is 0.166. The maximum absolute atomic E-state index is 12.4. The lowest BCUT2D eigenvalue weighted by atomic mass is 9.75. The van der Waals surface area contributed by atoms with Gasteiger partial charge in [-0.3, -0.25) is 9.59 Å². The van der Waals surface area contributed by atoms with Crippen LogP contribution < -0.4 is 10.8 Å². The van der Waals surface area contributed by atoms with Crippen LogP contribution in [0.2, 0.25) is 0 Å². The third kappa shape index (κ3) is 4.25. The number of rotatable bonds is 5. The summed E-state index contributed by atoms with van der Waals surface area (Å²) < 4.78 is 10.5. The molecule has 1 aromatic rings. The Morgan fingerprint density at radius 3 is 2.85 bits per heavy atom. The van der Waals surface area contributed by atoms with Crippen molar-refractivity contribution >= 4 is 24.5 Å². The number of piperidine rings is 1. The van der Waals surface area contributed by atoms with Crippen molar-refractivity contribution in [2.45, 2.75) is 26.4 Å². The molecule has 2 N–H and O–H groups in total. The van der Waals surface area contributed by atoms with Gasteiger partial charge in [-0.25, -0.2) is 0 Å². The van der Waals surface area contributed by atoms with Crippen LogP contribution in [0.1, 0.15) is 34.3 Å². The van der Waals surface area contributed by atoms with E-state index < -0.39 is 13.1 Å². The first-order valence-electron chi connectivity index (χ1n) is 9.00. The van der Waals surface area contributed by atoms with Crippen molar-refractivity contribution in [3.8, 4) is 0 Å². The van der Waals surface area contributed by atoms with Crippen molar-refractivity contribution in [2.75, 3.05) is 33.3 Å². The molecule has 2 heterocycles. The summed E-state index contributed by atoms with van der Waals surface area (Å²) in [6.45, 7) is 4.38. The van der Waals surface area contributed by atoms with E-state index >= 15 is 0 Å². The number of nitrogens with one attached hydrogen (secondary N) is 1. The first kappa shape index (κ1) is 18.9. The Morgan fingerprint density at radius 2 is 2.12 bits per heavy atom. The molecule has 2 aliphatic rings. The summed E-state index contributed by atoms with van der Waals surface area (Å²) >= 11 is 0. The van der Waals surface area contributed by atoms with Crippen molar-refractivity contribution in [2.24, 2.45) is 5.92 Å². The second kappa shape index (κ2) is 8.20. The fourth-order valence-electron chi connectivity index (χ4n) is 3.49. The van der Waals surface area contributed by atoms with Gasteiger partial charge in [-0.2, -0.15) is 0 Å². The maximum Gasteiger partial charge on any atom is 0.492 e. The summed E-state index contributed by atoms with van der Waals surface area (Å²) in [5.41, 5.74) is 2.62. The van der Waals surface area contributed by atoms with E-state index in [-0.39, 0.29) is 12.5 Å². The van der Waals surface area contributed by atoms with Gasteiger partial charge in [0.05, 0.1) is 13.2 Å². The van der Waals surface area contributed by atoms with Gasteiger partial charge in [0.25, 0.3) is 5.91 Å². The number of amides is 1. The smallest absolute Gasteiger partial charge is 0.464 e. The fourth-order valence-corrected chi connectivity index (χ4v) is 3.49. The van der Waals surface area contributed by atoms with E-state index in [0.717, 1.165) is 31.5 Å². The zero-order valence-electron chi connectivity index (χ0n) is 15.3. The van der Waals surface area contributed by atoms with Gasteiger partial charge in [0.1, 0.15) is 6.54 Å². The highest BCUT2D eigenvalue weighted by atomic mass is 16.5. The highest BCUT2D eigenvalue weighted by Crippen LogP contribution is 2.17. The number of nitrogens with zero attached hydrogens (tertiary/aromatic N) is 1. The van der Waals surface area contributed by atoms with E-state index in [1.165, 1.54) is 0 Å². The van der Waals surface area contributed by atoms with Gasteiger partial charge in [0, 0.05) is 5.56 Å². The quantitative estimate of drug-likeness (QED) is 0.560. The molecule has 0 spiro atoms. The summed E-state index contributed by atoms with van der Waals surface area (Å²) in [6, 6.07) is 3.46. The normalized spacial score (nSPS) is 17.9. The van der Waals surface area contributed by atoms with Crippen LogP contribution in [0.25, 0.3) is 0 Å². The van der Waals surface area contributed by atoms with E-state index in [4.69, 9.17) is 9.39 Å². The first-order chi connectivity index (χ1) is 12.5. The molecule has 0 radical (unpaired) electrons. The van der Waals surface area contributed by atoms with Crippen LogP contribution in [-0.2, 0) is 20.8 Å². The molecular formula is C18H25BN2O5. The molecule has 1 fully saturated rings. The van der Waals surface area contributed by atoms with Crippen LogP contribution >= 0.6 is 0 Å². The Balaban J connectivity index is 1.48. The highest BCUT2D eigenvalue weighted by molar-refractivity contribution is 6.62. The molecule has 1 amide bonds. The molecule has 0 saturated carbocycles. The van der Waals surface area contributed by atoms with E-state index in [2.05, 4.69) is 17.3 Å². The molecule has 0 aromatic heterocycles. The van der Waals surface area contributed by atoms with E-state index in [1.807, 2.05) is 0 Å². The van der Waals surface area contributed by atoms with Crippen LogP contribution in [0.3, 0.4) is 0 Å². The lowest BCUT2D eigenvalue weighted by molar-refractivity contribution is -0.144. The second-order valence-corrected chi connectivity index (χ2v) is 7.09. The van der Waals surface area contributed by atoms with E-state index in [1.54, 1.807) is 19.1 Å². The molecule has 7 nitrogen and oxygen atoms in total. The number of carbonyl (C=O) groups excluding carboxylic acids is 2. The number of hydrogen-bond donors (Lipinski definition) is 2. The summed E-state index contributed by atoms with van der Waals surface area (Å²) in [5.74, 6) is -0.397. The molecule has 0 unspecified atom stereocenters. The Hall–Kier alpha value is -1.90. The van der Waals surface area contributed by atoms with Gasteiger partial charge < -0.3 is 24.6 Å². The van der Waals surface area contributed by atoms with Gasteiger partial charge in [-0.1, -0.05) is 6.07 Å². The third-order valence-electron chi connectivity index (χ3n) is 5.20. The zero-order valence-corrected chi connectivity index (χ0v) is 15.3. The van der Waals surface area contributed by atoms with Crippen LogP contribution in [0.5, 0.6) is 0 Å². The molecule has 8 heteroatoms. The Kier molecular flexibility index (Phi) is 5.96. The predicted octanol–water partition coefficient (Wildman–Crippen LogP) is -0.172. The second-order valence-electron chi connectivity index (χ2n) is 7.09. The summed E-state index contributed by atoms with van der Waals surface area (Å²) in [7, 11) is 1.08. The monoisotopic (exact) mass is 360 g/mol. The minimum atomic E-state index is -1.00. The lowest BCUT2D eigenvalue weighted by Gasteiger charge is -2.28. The van der Waals surface area contributed by atoms with Crippen LogP contribution in [-0.4, -0.2) is 62.2 Å². The molecular weight excluding hydrogens is 335 g/mol. The molecule has 2 aliphatic heterocycles. The molecule has 3 rings (SSSR count).